The molecule has 1 N–H and O–H groups in total. The highest BCUT2D eigenvalue weighted by Gasteiger charge is 2.58. The first kappa shape index (κ1) is 18.6. The third-order valence-corrected chi connectivity index (χ3v) is 5.87. The zero-order chi connectivity index (χ0) is 19.9. The monoisotopic (exact) mass is 383 g/mol. The van der Waals surface area contributed by atoms with Crippen LogP contribution >= 0.6 is 0 Å². The molecule has 0 radical (unpaired) electrons. The summed E-state index contributed by atoms with van der Waals surface area (Å²) in [4.78, 5) is 35.6. The number of likely N-dealkylation sites (tertiary alicyclic amines) is 1. The number of carbonyl (C=O) groups excluding carboxylic acids is 2. The van der Waals surface area contributed by atoms with Gasteiger partial charge in [0.15, 0.2) is 5.82 Å². The van der Waals surface area contributed by atoms with E-state index in [1.807, 2.05) is 18.7 Å². The molecule has 2 fully saturated rings. The van der Waals surface area contributed by atoms with Crippen LogP contribution in [0.15, 0.2) is 28.9 Å². The molecular formula is C20H25N5O3. The average Bonchev–Trinajstić information content (AvgIpc) is 3.34. The Balaban J connectivity index is 1.56. The number of nitrogens with one attached hydrogen (secondary N) is 1. The molecule has 1 aliphatic carbocycles. The van der Waals surface area contributed by atoms with E-state index < -0.39 is 5.41 Å². The van der Waals surface area contributed by atoms with Gasteiger partial charge in [-0.3, -0.25) is 14.6 Å². The summed E-state index contributed by atoms with van der Waals surface area (Å²) < 4.78 is 5.56. The van der Waals surface area contributed by atoms with Gasteiger partial charge in [0, 0.05) is 31.2 Å². The van der Waals surface area contributed by atoms with Crippen LogP contribution in [0.25, 0.3) is 0 Å². The number of hydrogen-bond donors (Lipinski definition) is 1. The molecule has 2 aromatic heterocycles. The van der Waals surface area contributed by atoms with E-state index in [-0.39, 0.29) is 29.7 Å². The minimum absolute atomic E-state index is 0.0250. The number of amides is 2. The Hall–Kier alpha value is -2.77. The van der Waals surface area contributed by atoms with Crippen molar-refractivity contribution in [2.24, 2.45) is 11.8 Å². The maximum Gasteiger partial charge on any atom is 0.270 e. The molecule has 0 spiro atoms. The normalized spacial score (nSPS) is 26.5. The first-order valence-corrected chi connectivity index (χ1v) is 9.70. The van der Waals surface area contributed by atoms with Crippen LogP contribution in [0.1, 0.15) is 48.9 Å². The third-order valence-electron chi connectivity index (χ3n) is 5.87. The van der Waals surface area contributed by atoms with E-state index >= 15 is 0 Å². The van der Waals surface area contributed by atoms with Gasteiger partial charge >= 0.3 is 0 Å². The van der Waals surface area contributed by atoms with E-state index in [1.165, 1.54) is 0 Å². The zero-order valence-electron chi connectivity index (χ0n) is 16.4. The van der Waals surface area contributed by atoms with E-state index in [0.717, 1.165) is 6.42 Å². The van der Waals surface area contributed by atoms with Gasteiger partial charge in [0.05, 0.1) is 5.41 Å². The fourth-order valence-corrected chi connectivity index (χ4v) is 4.60. The van der Waals surface area contributed by atoms with Crippen LogP contribution in [-0.2, 0) is 10.2 Å². The average molecular weight is 383 g/mol. The number of nitrogens with zero attached hydrogens (tertiary/aromatic N) is 4. The van der Waals surface area contributed by atoms with Crippen LogP contribution in [0.2, 0.25) is 0 Å². The summed E-state index contributed by atoms with van der Waals surface area (Å²) in [6.45, 7) is 6.81. The summed E-state index contributed by atoms with van der Waals surface area (Å²) in [5, 5.41) is 7.07. The van der Waals surface area contributed by atoms with Crippen molar-refractivity contribution < 1.29 is 14.1 Å². The molecule has 1 aliphatic heterocycles. The summed E-state index contributed by atoms with van der Waals surface area (Å²) in [5.41, 5.74) is -0.00714. The molecule has 2 aromatic rings. The lowest BCUT2D eigenvalue weighted by atomic mass is 9.80. The fraction of sp³-hybridized carbons (Fsp3) is 0.550. The smallest absolute Gasteiger partial charge is 0.270 e. The first-order valence-electron chi connectivity index (χ1n) is 9.70. The molecule has 3 heterocycles. The number of aryl methyl sites for hydroxylation is 1. The van der Waals surface area contributed by atoms with Crippen molar-refractivity contribution in [3.05, 3.63) is 41.8 Å². The van der Waals surface area contributed by atoms with Gasteiger partial charge in [-0.1, -0.05) is 25.1 Å². The van der Waals surface area contributed by atoms with Crippen molar-refractivity contribution in [3.8, 4) is 0 Å². The maximum atomic E-state index is 12.6. The summed E-state index contributed by atoms with van der Waals surface area (Å²) in [7, 11) is 0. The number of aromatic nitrogens is 3. The van der Waals surface area contributed by atoms with E-state index in [0.29, 0.717) is 36.9 Å². The Morgan fingerprint density at radius 1 is 1.36 bits per heavy atom. The van der Waals surface area contributed by atoms with E-state index in [2.05, 4.69) is 20.4 Å². The van der Waals surface area contributed by atoms with Crippen LogP contribution in [0.5, 0.6) is 0 Å². The molecule has 8 heteroatoms. The Morgan fingerprint density at radius 2 is 2.18 bits per heavy atom. The van der Waals surface area contributed by atoms with Crippen molar-refractivity contribution in [1.82, 2.24) is 25.3 Å². The number of pyridine rings is 1. The number of rotatable bonds is 4. The molecule has 148 valence electrons. The van der Waals surface area contributed by atoms with Crippen molar-refractivity contribution in [1.29, 1.82) is 0 Å². The quantitative estimate of drug-likeness (QED) is 0.863. The summed E-state index contributed by atoms with van der Waals surface area (Å²) in [6.07, 6.45) is 3.04. The van der Waals surface area contributed by atoms with Crippen LogP contribution in [0.4, 0.5) is 0 Å². The largest absolute Gasteiger partial charge is 0.348 e. The molecule has 3 atom stereocenters. The van der Waals surface area contributed by atoms with Crippen molar-refractivity contribution in [2.75, 3.05) is 13.1 Å². The molecule has 2 aliphatic rings. The Morgan fingerprint density at radius 3 is 2.82 bits per heavy atom. The van der Waals surface area contributed by atoms with E-state index in [1.54, 1.807) is 31.3 Å². The fourth-order valence-electron chi connectivity index (χ4n) is 4.60. The molecule has 0 bridgehead atoms. The van der Waals surface area contributed by atoms with Gasteiger partial charge in [-0.05, 0) is 37.8 Å². The second-order valence-corrected chi connectivity index (χ2v) is 8.20. The van der Waals surface area contributed by atoms with Crippen molar-refractivity contribution in [3.63, 3.8) is 0 Å². The lowest BCUT2D eigenvalue weighted by Crippen LogP contribution is -2.40. The predicted molar refractivity (Wildman–Crippen MR) is 100 cm³/mol. The molecule has 1 saturated carbocycles. The summed E-state index contributed by atoms with van der Waals surface area (Å²) in [6, 6.07) is 5.25. The second kappa shape index (κ2) is 7.00. The molecule has 8 nitrogen and oxygen atoms in total. The Kier molecular flexibility index (Phi) is 4.64. The van der Waals surface area contributed by atoms with Gasteiger partial charge in [-0.15, -0.1) is 0 Å². The number of carbonyl (C=O) groups is 2. The lowest BCUT2D eigenvalue weighted by molar-refractivity contribution is -0.133. The molecule has 28 heavy (non-hydrogen) atoms. The molecule has 2 amide bonds. The SMILES string of the molecule is Cc1noc([C@]23C[C@H](NC(=O)c4ccccn4)CC2CN(C(=O)C(C)C)C3)n1. The molecular weight excluding hydrogens is 358 g/mol. The van der Waals surface area contributed by atoms with Crippen molar-refractivity contribution >= 4 is 11.8 Å². The highest BCUT2D eigenvalue weighted by Crippen LogP contribution is 2.50. The highest BCUT2D eigenvalue weighted by atomic mass is 16.5. The summed E-state index contributed by atoms with van der Waals surface area (Å²) in [5.74, 6) is 1.22. The molecule has 1 unspecified atom stereocenters. The lowest BCUT2D eigenvalue weighted by Gasteiger charge is -2.26. The van der Waals surface area contributed by atoms with Crippen LogP contribution in [0.3, 0.4) is 0 Å². The number of fused-ring (bicyclic) bond motifs is 1. The predicted octanol–water partition coefficient (Wildman–Crippen LogP) is 1.72. The van der Waals surface area contributed by atoms with Gasteiger partial charge in [0.25, 0.3) is 5.91 Å². The van der Waals surface area contributed by atoms with Gasteiger partial charge in [-0.2, -0.15) is 4.98 Å². The van der Waals surface area contributed by atoms with Crippen LogP contribution < -0.4 is 5.32 Å². The second-order valence-electron chi connectivity index (χ2n) is 8.20. The molecule has 1 saturated heterocycles. The zero-order valence-corrected chi connectivity index (χ0v) is 16.4. The summed E-state index contributed by atoms with van der Waals surface area (Å²) >= 11 is 0. The standard InChI is InChI=1S/C20H25N5O3/c1-12(2)18(27)25-10-14-8-15(23-17(26)16-6-4-5-7-21-16)9-20(14,11-25)19-22-13(3)24-28-19/h4-7,12,14-15H,8-11H2,1-3H3,(H,23,26)/t14?,15-,20+/m1/s1. The Labute approximate surface area is 163 Å². The number of hydrogen-bond acceptors (Lipinski definition) is 6. The third kappa shape index (κ3) is 3.16. The van der Waals surface area contributed by atoms with Gasteiger partial charge < -0.3 is 14.7 Å². The maximum absolute atomic E-state index is 12.6. The van der Waals surface area contributed by atoms with Crippen LogP contribution in [0, 0.1) is 18.8 Å². The molecule has 0 aromatic carbocycles. The van der Waals surface area contributed by atoms with Crippen LogP contribution in [-0.4, -0.2) is 51.0 Å². The minimum Gasteiger partial charge on any atom is -0.348 e. The highest BCUT2D eigenvalue weighted by molar-refractivity contribution is 5.92. The molecule has 4 rings (SSSR count). The Bertz CT molecular complexity index is 881. The van der Waals surface area contributed by atoms with E-state index in [9.17, 15) is 9.59 Å². The van der Waals surface area contributed by atoms with Gasteiger partial charge in [0.1, 0.15) is 5.69 Å². The first-order chi connectivity index (χ1) is 13.4. The van der Waals surface area contributed by atoms with E-state index in [4.69, 9.17) is 4.52 Å². The van der Waals surface area contributed by atoms with Crippen molar-refractivity contribution in [2.45, 2.75) is 45.1 Å². The minimum atomic E-state index is -0.409. The van der Waals surface area contributed by atoms with Gasteiger partial charge in [-0.25, -0.2) is 0 Å². The topological polar surface area (TPSA) is 101 Å². The van der Waals surface area contributed by atoms with Gasteiger partial charge in [0.2, 0.25) is 11.8 Å².